The lowest BCUT2D eigenvalue weighted by Gasteiger charge is -2.33. The minimum atomic E-state index is -3.47. The molecule has 1 aliphatic heterocycles. The van der Waals surface area contributed by atoms with Crippen LogP contribution in [0, 0.1) is 13.8 Å². The van der Waals surface area contributed by atoms with Gasteiger partial charge in [-0.3, -0.25) is 0 Å². The highest BCUT2D eigenvalue weighted by molar-refractivity contribution is 7.89. The van der Waals surface area contributed by atoms with E-state index in [9.17, 15) is 8.42 Å². The van der Waals surface area contributed by atoms with Gasteiger partial charge in [0.1, 0.15) is 4.90 Å². The van der Waals surface area contributed by atoms with Crippen LogP contribution >= 0.6 is 0 Å². The van der Waals surface area contributed by atoms with Gasteiger partial charge in [-0.05, 0) is 13.8 Å². The fourth-order valence-corrected chi connectivity index (χ4v) is 4.69. The van der Waals surface area contributed by atoms with Crippen molar-refractivity contribution in [3.63, 3.8) is 0 Å². The number of aryl methyl sites for hydroxylation is 1. The monoisotopic (exact) mass is 380 g/mol. The molecule has 8 nitrogen and oxygen atoms in total. The Morgan fingerprint density at radius 3 is 2.38 bits per heavy atom. The standard InChI is InChI=1S/C17H26N6O2S/c1-14-17(26(24,25)20(3)4)15(2)23(19-14)13-21-9-11-22(12-10-21)16-5-7-18-8-6-16/h5-8H,9-13H2,1-4H3/p+2. The Hall–Kier alpha value is -1.97. The molecular weight excluding hydrogens is 352 g/mol. The molecule has 2 N–H and O–H groups in total. The van der Waals surface area contributed by atoms with E-state index in [0.29, 0.717) is 23.0 Å². The van der Waals surface area contributed by atoms with Crippen LogP contribution in [0.3, 0.4) is 0 Å². The van der Waals surface area contributed by atoms with Crippen LogP contribution in [-0.4, -0.2) is 62.8 Å². The van der Waals surface area contributed by atoms with Gasteiger partial charge in [-0.2, -0.15) is 5.10 Å². The highest BCUT2D eigenvalue weighted by atomic mass is 32.2. The van der Waals surface area contributed by atoms with E-state index in [-0.39, 0.29) is 0 Å². The molecule has 142 valence electrons. The first-order valence-electron chi connectivity index (χ1n) is 8.82. The Morgan fingerprint density at radius 1 is 1.19 bits per heavy atom. The lowest BCUT2D eigenvalue weighted by atomic mass is 10.3. The quantitative estimate of drug-likeness (QED) is 0.716. The van der Waals surface area contributed by atoms with Crippen molar-refractivity contribution in [2.45, 2.75) is 25.4 Å². The molecule has 0 amide bonds. The van der Waals surface area contributed by atoms with Gasteiger partial charge < -0.3 is 9.80 Å². The van der Waals surface area contributed by atoms with Crippen molar-refractivity contribution in [1.82, 2.24) is 14.1 Å². The maximum Gasteiger partial charge on any atom is 0.246 e. The second-order valence-electron chi connectivity index (χ2n) is 6.94. The van der Waals surface area contributed by atoms with Crippen LogP contribution < -0.4 is 14.8 Å². The molecule has 1 saturated heterocycles. The molecule has 9 heteroatoms. The molecule has 0 radical (unpaired) electrons. The molecule has 2 aromatic heterocycles. The minimum absolute atomic E-state index is 0.334. The van der Waals surface area contributed by atoms with Gasteiger partial charge in [0, 0.05) is 31.9 Å². The predicted molar refractivity (Wildman–Crippen MR) is 98.5 cm³/mol. The normalized spacial score (nSPS) is 16.4. The Balaban J connectivity index is 1.70. The zero-order valence-corrected chi connectivity index (χ0v) is 16.7. The first-order chi connectivity index (χ1) is 12.3. The molecule has 3 heterocycles. The number of anilines is 1. The largest absolute Gasteiger partial charge is 0.360 e. The summed E-state index contributed by atoms with van der Waals surface area (Å²) in [6, 6.07) is 4.18. The third-order valence-electron chi connectivity index (χ3n) is 4.96. The van der Waals surface area contributed by atoms with Gasteiger partial charge in [-0.25, -0.2) is 22.4 Å². The van der Waals surface area contributed by atoms with Crippen molar-refractivity contribution in [1.29, 1.82) is 0 Å². The maximum atomic E-state index is 12.5. The molecule has 0 bridgehead atoms. The summed E-state index contributed by atoms with van der Waals surface area (Å²) in [5.41, 5.74) is 2.51. The van der Waals surface area contributed by atoms with Crippen molar-refractivity contribution < 1.29 is 18.3 Å². The van der Waals surface area contributed by atoms with Crippen LogP contribution in [0.2, 0.25) is 0 Å². The van der Waals surface area contributed by atoms with Gasteiger partial charge in [-0.15, -0.1) is 0 Å². The molecule has 26 heavy (non-hydrogen) atoms. The number of quaternary nitrogens is 1. The summed E-state index contributed by atoms with van der Waals surface area (Å²) in [6.07, 6.45) is 3.88. The Morgan fingerprint density at radius 2 is 1.81 bits per heavy atom. The summed E-state index contributed by atoms with van der Waals surface area (Å²) < 4.78 is 28.2. The van der Waals surface area contributed by atoms with Crippen molar-refractivity contribution in [2.75, 3.05) is 45.2 Å². The van der Waals surface area contributed by atoms with Crippen LogP contribution in [0.15, 0.2) is 29.4 Å². The van der Waals surface area contributed by atoms with E-state index in [1.165, 1.54) is 14.9 Å². The van der Waals surface area contributed by atoms with Gasteiger partial charge in [0.05, 0.1) is 37.6 Å². The highest BCUT2D eigenvalue weighted by Gasteiger charge is 2.28. The highest BCUT2D eigenvalue weighted by Crippen LogP contribution is 2.21. The van der Waals surface area contributed by atoms with Gasteiger partial charge in [-0.1, -0.05) is 0 Å². The van der Waals surface area contributed by atoms with E-state index in [1.54, 1.807) is 21.0 Å². The summed E-state index contributed by atoms with van der Waals surface area (Å²) in [6.45, 7) is 8.22. The molecular formula is C17H28N6O2S+2. The van der Waals surface area contributed by atoms with Crippen molar-refractivity contribution in [3.8, 4) is 0 Å². The van der Waals surface area contributed by atoms with Gasteiger partial charge in [0.15, 0.2) is 19.1 Å². The molecule has 1 aliphatic rings. The number of hydrogen-bond donors (Lipinski definition) is 1. The molecule has 1 fully saturated rings. The average Bonchev–Trinajstić information content (AvgIpc) is 2.90. The van der Waals surface area contributed by atoms with Crippen molar-refractivity contribution >= 4 is 15.7 Å². The molecule has 3 rings (SSSR count). The smallest absolute Gasteiger partial charge is 0.246 e. The number of nitrogens with one attached hydrogen (secondary N) is 2. The number of piperazine rings is 1. The molecule has 2 aromatic rings. The number of hydrogen-bond acceptors (Lipinski definition) is 4. The van der Waals surface area contributed by atoms with Gasteiger partial charge in [0.2, 0.25) is 10.0 Å². The van der Waals surface area contributed by atoms with Crippen molar-refractivity contribution in [2.24, 2.45) is 0 Å². The summed E-state index contributed by atoms with van der Waals surface area (Å²) in [7, 11) is -0.368. The lowest BCUT2D eigenvalue weighted by Crippen LogP contribution is -3.14. The number of nitrogens with zero attached hydrogens (tertiary/aromatic N) is 4. The Kier molecular flexibility index (Phi) is 5.31. The third-order valence-corrected chi connectivity index (χ3v) is 7.03. The number of pyridine rings is 1. The van der Waals surface area contributed by atoms with E-state index in [0.717, 1.165) is 26.2 Å². The third kappa shape index (κ3) is 3.60. The van der Waals surface area contributed by atoms with E-state index in [4.69, 9.17) is 0 Å². The van der Waals surface area contributed by atoms with Gasteiger partial charge >= 0.3 is 0 Å². The first-order valence-corrected chi connectivity index (χ1v) is 10.3. The van der Waals surface area contributed by atoms with Crippen LogP contribution in [0.5, 0.6) is 0 Å². The van der Waals surface area contributed by atoms with Crippen LogP contribution in [-0.2, 0) is 16.7 Å². The van der Waals surface area contributed by atoms with E-state index in [2.05, 4.69) is 27.1 Å². The SMILES string of the molecule is Cc1nn(C[NH+]2CCN(c3cc[nH+]cc3)CC2)c(C)c1S(=O)(=O)N(C)C. The molecule has 0 aromatic carbocycles. The second kappa shape index (κ2) is 7.34. The Bertz CT molecular complexity index is 855. The molecule has 0 saturated carbocycles. The van der Waals surface area contributed by atoms with Crippen LogP contribution in [0.1, 0.15) is 11.4 Å². The van der Waals surface area contributed by atoms with Crippen LogP contribution in [0.4, 0.5) is 5.69 Å². The fraction of sp³-hybridized carbons (Fsp3) is 0.529. The second-order valence-corrected chi connectivity index (χ2v) is 9.03. The summed E-state index contributed by atoms with van der Waals surface area (Å²) in [5.74, 6) is 0. The zero-order valence-electron chi connectivity index (χ0n) is 15.9. The fourth-order valence-electron chi connectivity index (χ4n) is 3.43. The van der Waals surface area contributed by atoms with Crippen molar-refractivity contribution in [3.05, 3.63) is 35.9 Å². The van der Waals surface area contributed by atoms with E-state index >= 15 is 0 Å². The first kappa shape index (κ1) is 18.8. The molecule has 0 unspecified atom stereocenters. The summed E-state index contributed by atoms with van der Waals surface area (Å²) in [4.78, 5) is 7.17. The predicted octanol–water partition coefficient (Wildman–Crippen LogP) is -1.07. The minimum Gasteiger partial charge on any atom is -0.360 e. The molecule has 0 aliphatic carbocycles. The molecule has 0 atom stereocenters. The average molecular weight is 381 g/mol. The number of sulfonamides is 1. The number of aromatic amines is 1. The van der Waals surface area contributed by atoms with Crippen LogP contribution in [0.25, 0.3) is 0 Å². The number of aromatic nitrogens is 3. The summed E-state index contributed by atoms with van der Waals surface area (Å²) in [5, 5.41) is 4.50. The van der Waals surface area contributed by atoms with Gasteiger partial charge in [0.25, 0.3) is 0 Å². The molecule has 0 spiro atoms. The number of H-pyrrole nitrogens is 1. The number of rotatable bonds is 5. The zero-order chi connectivity index (χ0) is 18.9. The Labute approximate surface area is 155 Å². The maximum absolute atomic E-state index is 12.5. The summed E-state index contributed by atoms with van der Waals surface area (Å²) >= 11 is 0. The van der Waals surface area contributed by atoms with E-state index in [1.807, 2.05) is 24.0 Å². The van der Waals surface area contributed by atoms with E-state index < -0.39 is 10.0 Å². The lowest BCUT2D eigenvalue weighted by molar-refractivity contribution is -0.924. The topological polar surface area (TPSA) is 77.0 Å².